The first kappa shape index (κ1) is 16.5. The van der Waals surface area contributed by atoms with Crippen molar-refractivity contribution < 1.29 is 9.72 Å². The summed E-state index contributed by atoms with van der Waals surface area (Å²) in [5.74, 6) is -0.174. The fraction of sp³-hybridized carbons (Fsp3) is 0.235. The number of carbonyl (C=O) groups excluding carboxylic acids is 1. The molecule has 2 rings (SSSR count). The number of hydrogen-bond acceptors (Lipinski definition) is 4. The molecule has 0 radical (unpaired) electrons. The van der Waals surface area contributed by atoms with Crippen molar-refractivity contribution in [1.29, 1.82) is 0 Å². The standard InChI is InChI=1S/C17H19N3O3/c1-12-15(9-6-10-16(12)20(22)23)18-11-17(21)19-13(2)14-7-4-3-5-8-14/h3-10,13,18H,11H2,1-2H3,(H,19,21). The number of carbonyl (C=O) groups is 1. The van der Waals surface area contributed by atoms with E-state index in [2.05, 4.69) is 10.6 Å². The summed E-state index contributed by atoms with van der Waals surface area (Å²) in [6, 6.07) is 14.3. The van der Waals surface area contributed by atoms with Crippen LogP contribution in [0.4, 0.5) is 11.4 Å². The molecule has 23 heavy (non-hydrogen) atoms. The maximum absolute atomic E-state index is 12.0. The molecule has 2 aromatic carbocycles. The first-order chi connectivity index (χ1) is 11.0. The molecule has 2 aromatic rings. The molecule has 0 saturated carbocycles. The predicted molar refractivity (Wildman–Crippen MR) is 89.3 cm³/mol. The molecule has 6 heteroatoms. The molecule has 0 aromatic heterocycles. The SMILES string of the molecule is Cc1c(NCC(=O)NC(C)c2ccccc2)cccc1[N+](=O)[O-]. The largest absolute Gasteiger partial charge is 0.376 e. The van der Waals surface area contributed by atoms with Crippen molar-refractivity contribution in [2.24, 2.45) is 0 Å². The van der Waals surface area contributed by atoms with Gasteiger partial charge in [-0.3, -0.25) is 14.9 Å². The first-order valence-electron chi connectivity index (χ1n) is 7.31. The second kappa shape index (κ2) is 7.40. The number of hydrogen-bond donors (Lipinski definition) is 2. The van der Waals surface area contributed by atoms with Crippen LogP contribution in [0, 0.1) is 17.0 Å². The quantitative estimate of drug-likeness (QED) is 0.633. The van der Waals surface area contributed by atoms with Crippen molar-refractivity contribution in [1.82, 2.24) is 5.32 Å². The van der Waals surface area contributed by atoms with Gasteiger partial charge in [0.05, 0.1) is 17.5 Å². The van der Waals surface area contributed by atoms with E-state index in [-0.39, 0.29) is 24.2 Å². The summed E-state index contributed by atoms with van der Waals surface area (Å²) >= 11 is 0. The minimum Gasteiger partial charge on any atom is -0.376 e. The highest BCUT2D eigenvalue weighted by atomic mass is 16.6. The number of nitrogens with one attached hydrogen (secondary N) is 2. The molecule has 0 heterocycles. The smallest absolute Gasteiger partial charge is 0.274 e. The minimum atomic E-state index is -0.432. The summed E-state index contributed by atoms with van der Waals surface area (Å²) in [6.45, 7) is 3.62. The average Bonchev–Trinajstić information content (AvgIpc) is 2.54. The van der Waals surface area contributed by atoms with Gasteiger partial charge in [-0.2, -0.15) is 0 Å². The van der Waals surface area contributed by atoms with Crippen LogP contribution >= 0.6 is 0 Å². The molecule has 1 amide bonds. The Morgan fingerprint density at radius 3 is 2.52 bits per heavy atom. The molecule has 2 N–H and O–H groups in total. The summed E-state index contributed by atoms with van der Waals surface area (Å²) in [4.78, 5) is 22.5. The highest BCUT2D eigenvalue weighted by Gasteiger charge is 2.14. The van der Waals surface area contributed by atoms with E-state index in [0.717, 1.165) is 5.56 Å². The molecule has 0 fully saturated rings. The van der Waals surface area contributed by atoms with E-state index in [9.17, 15) is 14.9 Å². The molecule has 0 spiro atoms. The van der Waals surface area contributed by atoms with Gasteiger partial charge in [0.2, 0.25) is 5.91 Å². The van der Waals surface area contributed by atoms with Crippen molar-refractivity contribution in [3.8, 4) is 0 Å². The van der Waals surface area contributed by atoms with Crippen LogP contribution in [0.2, 0.25) is 0 Å². The van der Waals surface area contributed by atoms with Gasteiger partial charge in [0.15, 0.2) is 0 Å². The zero-order chi connectivity index (χ0) is 16.8. The number of rotatable bonds is 6. The monoisotopic (exact) mass is 313 g/mol. The van der Waals surface area contributed by atoms with Crippen molar-refractivity contribution >= 4 is 17.3 Å². The highest BCUT2D eigenvalue weighted by molar-refractivity contribution is 5.81. The fourth-order valence-electron chi connectivity index (χ4n) is 2.31. The van der Waals surface area contributed by atoms with Crippen LogP contribution in [0.15, 0.2) is 48.5 Å². The summed E-state index contributed by atoms with van der Waals surface area (Å²) < 4.78 is 0. The van der Waals surface area contributed by atoms with E-state index in [0.29, 0.717) is 11.3 Å². The number of anilines is 1. The van der Waals surface area contributed by atoms with Crippen LogP contribution in [0.3, 0.4) is 0 Å². The van der Waals surface area contributed by atoms with Gasteiger partial charge in [0.1, 0.15) is 0 Å². The van der Waals surface area contributed by atoms with Crippen molar-refractivity contribution in [3.05, 3.63) is 69.8 Å². The summed E-state index contributed by atoms with van der Waals surface area (Å²) in [5, 5.41) is 16.7. The van der Waals surface area contributed by atoms with Gasteiger partial charge in [-0.1, -0.05) is 36.4 Å². The van der Waals surface area contributed by atoms with E-state index in [1.807, 2.05) is 37.3 Å². The van der Waals surface area contributed by atoms with Gasteiger partial charge in [-0.15, -0.1) is 0 Å². The maximum atomic E-state index is 12.0. The Morgan fingerprint density at radius 1 is 1.17 bits per heavy atom. The minimum absolute atomic E-state index is 0.0352. The van der Waals surface area contributed by atoms with E-state index in [1.54, 1.807) is 19.1 Å². The third kappa shape index (κ3) is 4.29. The van der Waals surface area contributed by atoms with Crippen LogP contribution in [0.5, 0.6) is 0 Å². The van der Waals surface area contributed by atoms with E-state index < -0.39 is 4.92 Å². The van der Waals surface area contributed by atoms with Crippen LogP contribution < -0.4 is 10.6 Å². The second-order valence-electron chi connectivity index (χ2n) is 5.26. The Labute approximate surface area is 134 Å². The third-order valence-electron chi connectivity index (χ3n) is 3.62. The maximum Gasteiger partial charge on any atom is 0.274 e. The Hall–Kier alpha value is -2.89. The first-order valence-corrected chi connectivity index (χ1v) is 7.31. The van der Waals surface area contributed by atoms with E-state index in [1.165, 1.54) is 6.07 Å². The Balaban J connectivity index is 1.95. The van der Waals surface area contributed by atoms with Gasteiger partial charge in [-0.25, -0.2) is 0 Å². The number of benzene rings is 2. The van der Waals surface area contributed by atoms with Gasteiger partial charge >= 0.3 is 0 Å². The number of nitrogens with zero attached hydrogens (tertiary/aromatic N) is 1. The molecule has 0 aliphatic rings. The summed E-state index contributed by atoms with van der Waals surface area (Å²) in [7, 11) is 0. The molecule has 120 valence electrons. The summed E-state index contributed by atoms with van der Waals surface area (Å²) in [6.07, 6.45) is 0. The Bertz CT molecular complexity index is 701. The Kier molecular flexibility index (Phi) is 5.30. The molecular weight excluding hydrogens is 294 g/mol. The van der Waals surface area contributed by atoms with E-state index >= 15 is 0 Å². The van der Waals surface area contributed by atoms with Gasteiger partial charge in [0.25, 0.3) is 5.69 Å². The van der Waals surface area contributed by atoms with E-state index in [4.69, 9.17) is 0 Å². The van der Waals surface area contributed by atoms with Crippen LogP contribution in [0.1, 0.15) is 24.1 Å². The second-order valence-corrected chi connectivity index (χ2v) is 5.26. The van der Waals surface area contributed by atoms with Crippen molar-refractivity contribution in [2.45, 2.75) is 19.9 Å². The molecule has 0 bridgehead atoms. The normalized spacial score (nSPS) is 11.6. The van der Waals surface area contributed by atoms with Crippen molar-refractivity contribution in [2.75, 3.05) is 11.9 Å². The van der Waals surface area contributed by atoms with Gasteiger partial charge in [0, 0.05) is 17.3 Å². The third-order valence-corrected chi connectivity index (χ3v) is 3.62. The summed E-state index contributed by atoms with van der Waals surface area (Å²) in [5.41, 5.74) is 2.16. The lowest BCUT2D eigenvalue weighted by atomic mass is 10.1. The van der Waals surface area contributed by atoms with Gasteiger partial charge in [-0.05, 0) is 25.5 Å². The molecular formula is C17H19N3O3. The molecule has 1 atom stereocenters. The van der Waals surface area contributed by atoms with Crippen LogP contribution in [-0.2, 0) is 4.79 Å². The fourth-order valence-corrected chi connectivity index (χ4v) is 2.31. The predicted octanol–water partition coefficient (Wildman–Crippen LogP) is 3.19. The molecule has 0 aliphatic heterocycles. The number of nitro benzene ring substituents is 1. The van der Waals surface area contributed by atoms with Gasteiger partial charge < -0.3 is 10.6 Å². The number of nitro groups is 1. The van der Waals surface area contributed by atoms with Crippen molar-refractivity contribution in [3.63, 3.8) is 0 Å². The molecule has 6 nitrogen and oxygen atoms in total. The lowest BCUT2D eigenvalue weighted by Crippen LogP contribution is -2.32. The topological polar surface area (TPSA) is 84.3 Å². The number of amides is 1. The molecule has 1 unspecified atom stereocenters. The average molecular weight is 313 g/mol. The lowest BCUT2D eigenvalue weighted by Gasteiger charge is -2.15. The molecule has 0 saturated heterocycles. The van der Waals surface area contributed by atoms with Crippen LogP contribution in [0.25, 0.3) is 0 Å². The van der Waals surface area contributed by atoms with Crippen LogP contribution in [-0.4, -0.2) is 17.4 Å². The zero-order valence-electron chi connectivity index (χ0n) is 13.1. The highest BCUT2D eigenvalue weighted by Crippen LogP contribution is 2.24. The Morgan fingerprint density at radius 2 is 1.87 bits per heavy atom. The zero-order valence-corrected chi connectivity index (χ0v) is 13.1. The lowest BCUT2D eigenvalue weighted by molar-refractivity contribution is -0.385. The molecule has 0 aliphatic carbocycles.